The number of esters is 6. The van der Waals surface area contributed by atoms with Crippen molar-refractivity contribution in [2.45, 2.75) is 119 Å². The molecule has 0 bridgehead atoms. The summed E-state index contributed by atoms with van der Waals surface area (Å²) < 4.78 is 39.6. The molecule has 14 heteroatoms. The average molecular weight is 739 g/mol. The van der Waals surface area contributed by atoms with Crippen molar-refractivity contribution in [1.82, 2.24) is 0 Å². The van der Waals surface area contributed by atoms with E-state index in [-0.39, 0.29) is 83.8 Å². The van der Waals surface area contributed by atoms with E-state index in [9.17, 15) is 33.6 Å². The fraction of sp³-hybridized carbons (Fsp3) is 0.462. The van der Waals surface area contributed by atoms with Crippen molar-refractivity contribution in [1.29, 1.82) is 0 Å². The molecule has 0 aliphatic rings. The van der Waals surface area contributed by atoms with Crippen molar-refractivity contribution in [3.63, 3.8) is 0 Å². The zero-order chi connectivity index (χ0) is 39.1. The molecule has 0 fully saturated rings. The Balaban J connectivity index is 2.49. The molecule has 3 aromatic rings. The van der Waals surface area contributed by atoms with Gasteiger partial charge in [-0.3, -0.25) is 33.6 Å². The third kappa shape index (κ3) is 11.7. The van der Waals surface area contributed by atoms with Gasteiger partial charge in [0.1, 0.15) is 22.5 Å². The van der Waals surface area contributed by atoms with Crippen LogP contribution in [0, 0.1) is 0 Å². The first-order valence-corrected chi connectivity index (χ1v) is 18.0. The molecule has 1 aromatic heterocycles. The van der Waals surface area contributed by atoms with Crippen molar-refractivity contribution in [2.75, 3.05) is 0 Å². The highest BCUT2D eigenvalue weighted by molar-refractivity contribution is 5.93. The molecule has 286 valence electrons. The summed E-state index contributed by atoms with van der Waals surface area (Å²) in [5.41, 5.74) is -1.28. The second kappa shape index (κ2) is 20.5. The molecular weight excluding hydrogens is 692 g/mol. The first kappa shape index (κ1) is 41.9. The van der Waals surface area contributed by atoms with Gasteiger partial charge in [-0.25, -0.2) is 0 Å². The molecular formula is C39H46O14. The van der Waals surface area contributed by atoms with E-state index in [2.05, 4.69) is 0 Å². The van der Waals surface area contributed by atoms with E-state index in [0.29, 0.717) is 38.5 Å². The summed E-state index contributed by atoms with van der Waals surface area (Å²) in [5.74, 6) is -6.75. The normalized spacial score (nSPS) is 10.8. The lowest BCUT2D eigenvalue weighted by Gasteiger charge is -2.18. The molecule has 0 saturated heterocycles. The van der Waals surface area contributed by atoms with E-state index in [4.69, 9.17) is 32.8 Å². The van der Waals surface area contributed by atoms with Crippen LogP contribution in [0.4, 0.5) is 0 Å². The van der Waals surface area contributed by atoms with Crippen LogP contribution in [0.3, 0.4) is 0 Å². The minimum atomic E-state index is -0.941. The van der Waals surface area contributed by atoms with Crippen LogP contribution in [0.5, 0.6) is 34.5 Å². The van der Waals surface area contributed by atoms with E-state index < -0.39 is 52.8 Å². The Morgan fingerprint density at radius 3 is 1.28 bits per heavy atom. The summed E-state index contributed by atoms with van der Waals surface area (Å²) in [6, 6.07) is 4.82. The number of benzene rings is 2. The highest BCUT2D eigenvalue weighted by Gasteiger charge is 2.29. The Labute approximate surface area is 307 Å². The van der Waals surface area contributed by atoms with Gasteiger partial charge in [0.25, 0.3) is 0 Å². The number of carbonyl (C=O) groups is 6. The van der Waals surface area contributed by atoms with Crippen molar-refractivity contribution in [2.24, 2.45) is 0 Å². The number of rotatable bonds is 19. The fourth-order valence-electron chi connectivity index (χ4n) is 4.88. The van der Waals surface area contributed by atoms with Gasteiger partial charge < -0.3 is 32.8 Å². The van der Waals surface area contributed by atoms with Crippen LogP contribution >= 0.6 is 0 Å². The standard InChI is InChI=1S/C39H46O14/c1-7-13-29(40)47-24-21-25(48-30(41)14-8-2)35-26(22-24)51-37(39(36(35)46)53-34(45)18-12-6)23-19-27(49-31(42)15-9-3)38(52-33(44)17-11-5)28(20-23)50-32(43)16-10-4/h19-22H,7-18H2,1-6H3. The summed E-state index contributed by atoms with van der Waals surface area (Å²) in [6.07, 6.45) is 2.44. The number of fused-ring (bicyclic) bond motifs is 1. The summed E-state index contributed by atoms with van der Waals surface area (Å²) in [4.78, 5) is 90.8. The van der Waals surface area contributed by atoms with Gasteiger partial charge in [0, 0.05) is 56.2 Å². The smallest absolute Gasteiger partial charge is 0.311 e. The lowest BCUT2D eigenvalue weighted by molar-refractivity contribution is -0.138. The van der Waals surface area contributed by atoms with Crippen LogP contribution < -0.4 is 33.8 Å². The predicted molar refractivity (Wildman–Crippen MR) is 191 cm³/mol. The summed E-state index contributed by atoms with van der Waals surface area (Å²) >= 11 is 0. The number of ether oxygens (including phenoxy) is 6. The molecule has 0 atom stereocenters. The van der Waals surface area contributed by atoms with E-state index in [1.807, 2.05) is 0 Å². The molecule has 0 N–H and O–H groups in total. The quantitative estimate of drug-likeness (QED) is 0.0859. The third-order valence-corrected chi connectivity index (χ3v) is 7.23. The monoisotopic (exact) mass is 738 g/mol. The van der Waals surface area contributed by atoms with Gasteiger partial charge >= 0.3 is 35.8 Å². The predicted octanol–water partition coefficient (Wildman–Crippen LogP) is 7.69. The minimum Gasteiger partial charge on any atom is -0.452 e. The number of hydrogen-bond acceptors (Lipinski definition) is 14. The molecule has 0 radical (unpaired) electrons. The Kier molecular flexibility index (Phi) is 16.2. The molecule has 1 heterocycles. The molecule has 0 aliphatic carbocycles. The van der Waals surface area contributed by atoms with Gasteiger partial charge in [0.15, 0.2) is 17.3 Å². The van der Waals surface area contributed by atoms with Crippen molar-refractivity contribution >= 4 is 46.8 Å². The summed E-state index contributed by atoms with van der Waals surface area (Å²) in [5, 5.41) is -0.304. The fourth-order valence-corrected chi connectivity index (χ4v) is 4.88. The van der Waals surface area contributed by atoms with Crippen LogP contribution in [0.15, 0.2) is 33.5 Å². The molecule has 0 unspecified atom stereocenters. The molecule has 0 amide bonds. The molecule has 0 saturated carbocycles. The van der Waals surface area contributed by atoms with Crippen molar-refractivity contribution in [3.05, 3.63) is 34.5 Å². The largest absolute Gasteiger partial charge is 0.452 e. The van der Waals surface area contributed by atoms with Gasteiger partial charge in [0.2, 0.25) is 16.9 Å². The van der Waals surface area contributed by atoms with E-state index >= 15 is 0 Å². The Bertz CT molecular complexity index is 1850. The maximum atomic E-state index is 14.4. The molecule has 14 nitrogen and oxygen atoms in total. The van der Waals surface area contributed by atoms with E-state index in [1.54, 1.807) is 41.5 Å². The van der Waals surface area contributed by atoms with Crippen LogP contribution in [0.25, 0.3) is 22.3 Å². The van der Waals surface area contributed by atoms with E-state index in [1.165, 1.54) is 24.3 Å². The van der Waals surface area contributed by atoms with Gasteiger partial charge in [-0.2, -0.15) is 0 Å². The Morgan fingerprint density at radius 1 is 0.472 bits per heavy atom. The average Bonchev–Trinajstić information content (AvgIpc) is 3.07. The lowest BCUT2D eigenvalue weighted by atomic mass is 10.1. The summed E-state index contributed by atoms with van der Waals surface area (Å²) in [7, 11) is 0. The third-order valence-electron chi connectivity index (χ3n) is 7.23. The number of carbonyl (C=O) groups excluding carboxylic acids is 6. The second-order valence-electron chi connectivity index (χ2n) is 12.0. The van der Waals surface area contributed by atoms with Gasteiger partial charge in [-0.1, -0.05) is 41.5 Å². The second-order valence-corrected chi connectivity index (χ2v) is 12.0. The summed E-state index contributed by atoms with van der Waals surface area (Å²) in [6.45, 7) is 10.5. The molecule has 53 heavy (non-hydrogen) atoms. The maximum Gasteiger partial charge on any atom is 0.311 e. The van der Waals surface area contributed by atoms with Crippen molar-refractivity contribution in [3.8, 4) is 45.8 Å². The first-order valence-electron chi connectivity index (χ1n) is 18.0. The number of hydrogen-bond donors (Lipinski definition) is 0. The zero-order valence-electron chi connectivity index (χ0n) is 31.0. The Morgan fingerprint density at radius 2 is 0.849 bits per heavy atom. The first-order chi connectivity index (χ1) is 25.4. The van der Waals surface area contributed by atoms with Gasteiger partial charge in [-0.05, 0) is 50.7 Å². The lowest BCUT2D eigenvalue weighted by Crippen LogP contribution is -2.18. The zero-order valence-corrected chi connectivity index (χ0v) is 31.0. The molecule has 0 spiro atoms. The highest BCUT2D eigenvalue weighted by atomic mass is 16.6. The van der Waals surface area contributed by atoms with Crippen LogP contribution in [0.1, 0.15) is 119 Å². The van der Waals surface area contributed by atoms with E-state index in [0.717, 1.165) is 0 Å². The molecule has 2 aromatic carbocycles. The van der Waals surface area contributed by atoms with Gasteiger partial charge in [-0.15, -0.1) is 0 Å². The molecule has 0 aliphatic heterocycles. The Hall–Kier alpha value is -5.53. The minimum absolute atomic E-state index is 0.00264. The van der Waals surface area contributed by atoms with Crippen LogP contribution in [0.2, 0.25) is 0 Å². The highest BCUT2D eigenvalue weighted by Crippen LogP contribution is 2.45. The molecule has 3 rings (SSSR count). The van der Waals surface area contributed by atoms with Gasteiger partial charge in [0.05, 0.1) is 0 Å². The van der Waals surface area contributed by atoms with Crippen LogP contribution in [-0.2, 0) is 28.8 Å². The SMILES string of the molecule is CCCC(=O)Oc1cc(OC(=O)CCC)c2c(=O)c(OC(=O)CCC)c(-c3cc(OC(=O)CCC)c(OC(=O)CCC)c(OC(=O)CCC)c3)oc2c1. The topological polar surface area (TPSA) is 188 Å². The van der Waals surface area contributed by atoms with Crippen LogP contribution in [-0.4, -0.2) is 35.8 Å². The van der Waals surface area contributed by atoms with Crippen molar-refractivity contribution < 1.29 is 61.6 Å². The maximum absolute atomic E-state index is 14.4.